The van der Waals surface area contributed by atoms with Gasteiger partial charge in [0.05, 0.1) is 10.7 Å². The van der Waals surface area contributed by atoms with E-state index in [9.17, 15) is 22.4 Å². The van der Waals surface area contributed by atoms with Crippen molar-refractivity contribution in [2.24, 2.45) is 0 Å². The molecule has 0 unspecified atom stereocenters. The third kappa shape index (κ3) is 2.93. The molecule has 2 rings (SSSR count). The van der Waals surface area contributed by atoms with Crippen LogP contribution >= 0.6 is 11.6 Å². The summed E-state index contributed by atoms with van der Waals surface area (Å²) >= 11 is 5.71. The number of alkyl halides is 3. The number of benzene rings is 1. The van der Waals surface area contributed by atoms with Gasteiger partial charge < -0.3 is 4.98 Å². The number of aromatic amines is 1. The molecule has 0 aliphatic rings. The van der Waals surface area contributed by atoms with E-state index in [1.807, 2.05) is 0 Å². The van der Waals surface area contributed by atoms with E-state index in [-0.39, 0.29) is 16.3 Å². The van der Waals surface area contributed by atoms with Crippen LogP contribution in [-0.2, 0) is 6.18 Å². The van der Waals surface area contributed by atoms with Crippen molar-refractivity contribution in [3.05, 3.63) is 51.3 Å². The van der Waals surface area contributed by atoms with Crippen molar-refractivity contribution in [3.8, 4) is 11.3 Å². The van der Waals surface area contributed by atoms with E-state index >= 15 is 0 Å². The van der Waals surface area contributed by atoms with E-state index < -0.39 is 23.4 Å². The first-order valence-electron chi connectivity index (χ1n) is 4.91. The average Bonchev–Trinajstić information content (AvgIpc) is 2.26. The van der Waals surface area contributed by atoms with Crippen LogP contribution in [0.25, 0.3) is 11.3 Å². The first-order valence-corrected chi connectivity index (χ1v) is 5.29. The summed E-state index contributed by atoms with van der Waals surface area (Å²) in [5, 5.41) is -0.133. The van der Waals surface area contributed by atoms with Gasteiger partial charge in [0.2, 0.25) is 5.82 Å². The monoisotopic (exact) mass is 292 g/mol. The Balaban J connectivity index is 2.63. The highest BCUT2D eigenvalue weighted by atomic mass is 35.5. The van der Waals surface area contributed by atoms with Crippen LogP contribution in [0.1, 0.15) is 5.82 Å². The molecule has 1 aromatic heterocycles. The number of hydrogen-bond donors (Lipinski definition) is 1. The largest absolute Gasteiger partial charge is 0.449 e. The molecule has 8 heteroatoms. The van der Waals surface area contributed by atoms with E-state index in [1.165, 1.54) is 0 Å². The third-order valence-corrected chi connectivity index (χ3v) is 2.53. The minimum Gasteiger partial charge on any atom is -0.303 e. The summed E-state index contributed by atoms with van der Waals surface area (Å²) in [6.07, 6.45) is -4.79. The van der Waals surface area contributed by atoms with Crippen LogP contribution in [0.5, 0.6) is 0 Å². The Morgan fingerprint density at radius 2 is 1.89 bits per heavy atom. The van der Waals surface area contributed by atoms with Gasteiger partial charge in [0.25, 0.3) is 5.56 Å². The van der Waals surface area contributed by atoms with E-state index in [4.69, 9.17) is 11.6 Å². The molecule has 1 aromatic carbocycles. The summed E-state index contributed by atoms with van der Waals surface area (Å²) in [6, 6.07) is 3.94. The van der Waals surface area contributed by atoms with E-state index in [0.29, 0.717) is 0 Å². The summed E-state index contributed by atoms with van der Waals surface area (Å²) in [5.74, 6) is -2.08. The van der Waals surface area contributed by atoms with Gasteiger partial charge in [-0.1, -0.05) is 11.6 Å². The Morgan fingerprint density at radius 3 is 2.47 bits per heavy atom. The van der Waals surface area contributed by atoms with E-state index in [1.54, 1.807) is 4.98 Å². The standard InChI is InChI=1S/C11H5ClF4N2O/c12-7-3-5(13)1-2-6(7)8-4-9(19)18-10(17-8)11(14,15)16/h1-4H,(H,17,18,19). The van der Waals surface area contributed by atoms with Crippen molar-refractivity contribution in [1.29, 1.82) is 0 Å². The number of H-pyrrole nitrogens is 1. The molecule has 0 fully saturated rings. The number of hydrogen-bond acceptors (Lipinski definition) is 2. The molecule has 0 aliphatic carbocycles. The zero-order valence-electron chi connectivity index (χ0n) is 9.05. The normalized spacial score (nSPS) is 11.6. The number of rotatable bonds is 1. The topological polar surface area (TPSA) is 45.8 Å². The zero-order chi connectivity index (χ0) is 14.2. The van der Waals surface area contributed by atoms with Gasteiger partial charge in [0.1, 0.15) is 5.82 Å². The maximum absolute atomic E-state index is 12.9. The SMILES string of the molecule is O=c1cc(-c2ccc(F)cc2Cl)nc(C(F)(F)F)[nH]1. The molecule has 1 heterocycles. The van der Waals surface area contributed by atoms with Gasteiger partial charge in [-0.05, 0) is 18.2 Å². The molecule has 0 atom stereocenters. The maximum Gasteiger partial charge on any atom is 0.449 e. The molecule has 0 saturated carbocycles. The minimum absolute atomic E-state index is 0.0414. The Morgan fingerprint density at radius 1 is 1.21 bits per heavy atom. The Labute approximate surface area is 108 Å². The molecule has 0 radical (unpaired) electrons. The lowest BCUT2D eigenvalue weighted by Gasteiger charge is -2.08. The van der Waals surface area contributed by atoms with Crippen molar-refractivity contribution in [2.75, 3.05) is 0 Å². The fourth-order valence-electron chi connectivity index (χ4n) is 1.43. The maximum atomic E-state index is 12.9. The first-order chi connectivity index (χ1) is 8.77. The van der Waals surface area contributed by atoms with Gasteiger partial charge in [-0.3, -0.25) is 4.79 Å². The van der Waals surface area contributed by atoms with Crippen LogP contribution in [0.4, 0.5) is 17.6 Å². The van der Waals surface area contributed by atoms with Gasteiger partial charge in [-0.25, -0.2) is 9.37 Å². The number of nitrogens with zero attached hydrogens (tertiary/aromatic N) is 1. The molecule has 0 bridgehead atoms. The van der Waals surface area contributed by atoms with E-state index in [0.717, 1.165) is 24.3 Å². The van der Waals surface area contributed by atoms with Crippen LogP contribution < -0.4 is 5.56 Å². The molecule has 2 aromatic rings. The van der Waals surface area contributed by atoms with Crippen molar-refractivity contribution in [1.82, 2.24) is 9.97 Å². The van der Waals surface area contributed by atoms with Crippen LogP contribution in [0.3, 0.4) is 0 Å². The summed E-state index contributed by atoms with van der Waals surface area (Å²) in [7, 11) is 0. The van der Waals surface area contributed by atoms with Crippen molar-refractivity contribution >= 4 is 11.6 Å². The highest BCUT2D eigenvalue weighted by Gasteiger charge is 2.34. The summed E-state index contributed by atoms with van der Waals surface area (Å²) in [5.41, 5.74) is -1.21. The predicted octanol–water partition coefficient (Wildman–Crippen LogP) is 3.25. The number of halogens is 5. The first kappa shape index (κ1) is 13.5. The predicted molar refractivity (Wildman–Crippen MR) is 60.3 cm³/mol. The van der Waals surface area contributed by atoms with Crippen molar-refractivity contribution in [3.63, 3.8) is 0 Å². The van der Waals surface area contributed by atoms with Crippen LogP contribution in [0, 0.1) is 5.82 Å². The van der Waals surface area contributed by atoms with E-state index in [2.05, 4.69) is 4.98 Å². The smallest absolute Gasteiger partial charge is 0.303 e. The molecule has 0 aliphatic heterocycles. The number of nitrogens with one attached hydrogen (secondary N) is 1. The lowest BCUT2D eigenvalue weighted by atomic mass is 10.1. The lowest BCUT2D eigenvalue weighted by Crippen LogP contribution is -2.18. The van der Waals surface area contributed by atoms with Crippen LogP contribution in [0.15, 0.2) is 29.1 Å². The van der Waals surface area contributed by atoms with Gasteiger partial charge in [0, 0.05) is 11.6 Å². The Hall–Kier alpha value is -1.89. The Bertz CT molecular complexity index is 681. The summed E-state index contributed by atoms with van der Waals surface area (Å²) < 4.78 is 50.4. The van der Waals surface area contributed by atoms with Gasteiger partial charge in [0.15, 0.2) is 0 Å². The van der Waals surface area contributed by atoms with Gasteiger partial charge in [-0.2, -0.15) is 13.2 Å². The molecule has 0 amide bonds. The minimum atomic E-state index is -4.79. The molecule has 0 spiro atoms. The fraction of sp³-hybridized carbons (Fsp3) is 0.0909. The molecule has 1 N–H and O–H groups in total. The quantitative estimate of drug-likeness (QED) is 0.820. The highest BCUT2D eigenvalue weighted by Crippen LogP contribution is 2.29. The molecule has 19 heavy (non-hydrogen) atoms. The molecule has 3 nitrogen and oxygen atoms in total. The second kappa shape index (κ2) is 4.65. The Kier molecular flexibility index (Phi) is 3.32. The fourth-order valence-corrected chi connectivity index (χ4v) is 1.69. The van der Waals surface area contributed by atoms with Gasteiger partial charge in [-0.15, -0.1) is 0 Å². The highest BCUT2D eigenvalue weighted by molar-refractivity contribution is 6.33. The van der Waals surface area contributed by atoms with Crippen molar-refractivity contribution < 1.29 is 17.6 Å². The molecule has 100 valence electrons. The molecular formula is C11H5ClF4N2O. The summed E-state index contributed by atoms with van der Waals surface area (Å²) in [6.45, 7) is 0. The lowest BCUT2D eigenvalue weighted by molar-refractivity contribution is -0.145. The van der Waals surface area contributed by atoms with Gasteiger partial charge >= 0.3 is 6.18 Å². The van der Waals surface area contributed by atoms with Crippen LogP contribution in [-0.4, -0.2) is 9.97 Å². The number of aromatic nitrogens is 2. The zero-order valence-corrected chi connectivity index (χ0v) is 9.81. The third-order valence-electron chi connectivity index (χ3n) is 2.22. The molecule has 0 saturated heterocycles. The summed E-state index contributed by atoms with van der Waals surface area (Å²) in [4.78, 5) is 16.1. The molecular weight excluding hydrogens is 288 g/mol. The van der Waals surface area contributed by atoms with Crippen LogP contribution in [0.2, 0.25) is 5.02 Å². The average molecular weight is 293 g/mol. The van der Waals surface area contributed by atoms with Crippen molar-refractivity contribution in [2.45, 2.75) is 6.18 Å². The second-order valence-electron chi connectivity index (χ2n) is 3.60. The second-order valence-corrected chi connectivity index (χ2v) is 4.01.